The smallest absolute Gasteiger partial charge is 0.338 e. The number of hydrogen-bond acceptors (Lipinski definition) is 4. The fraction of sp³-hybridized carbons (Fsp3) is 0.238. The number of carbonyl (C=O) groups excluding carboxylic acids is 2. The molecule has 1 aliphatic rings. The van der Waals surface area contributed by atoms with Crippen molar-refractivity contribution in [2.24, 2.45) is 0 Å². The fourth-order valence-corrected chi connectivity index (χ4v) is 3.03. The summed E-state index contributed by atoms with van der Waals surface area (Å²) in [6, 6.07) is 20.0. The number of carbonyl (C=O) groups is 2. The molecule has 0 spiro atoms. The van der Waals surface area contributed by atoms with Crippen LogP contribution in [0.15, 0.2) is 72.3 Å². The van der Waals surface area contributed by atoms with Crippen LogP contribution in [0.1, 0.15) is 30.4 Å². The fourth-order valence-electron chi connectivity index (χ4n) is 3.03. The zero-order chi connectivity index (χ0) is 17.6. The molecule has 1 atom stereocenters. The van der Waals surface area contributed by atoms with E-state index in [-0.39, 0.29) is 30.6 Å². The van der Waals surface area contributed by atoms with E-state index in [0.717, 1.165) is 11.1 Å². The van der Waals surface area contributed by atoms with E-state index in [1.807, 2.05) is 66.7 Å². The van der Waals surface area contributed by atoms with Crippen molar-refractivity contribution in [3.8, 4) is 0 Å². The van der Waals surface area contributed by atoms with Gasteiger partial charge in [-0.3, -0.25) is 4.79 Å². The lowest BCUT2D eigenvalue weighted by Gasteiger charge is -2.36. The van der Waals surface area contributed by atoms with Crippen molar-refractivity contribution in [1.82, 2.24) is 0 Å². The Bertz CT molecular complexity index is 725. The first-order valence-electron chi connectivity index (χ1n) is 8.31. The Hall–Kier alpha value is -2.88. The van der Waals surface area contributed by atoms with Crippen molar-refractivity contribution in [3.05, 3.63) is 83.4 Å². The highest BCUT2D eigenvalue weighted by atomic mass is 16.6. The molecular weight excluding hydrogens is 316 g/mol. The third-order valence-corrected chi connectivity index (χ3v) is 4.18. The van der Waals surface area contributed by atoms with Crippen LogP contribution in [0.4, 0.5) is 0 Å². The zero-order valence-electron chi connectivity index (χ0n) is 14.1. The third kappa shape index (κ3) is 3.97. The molecule has 0 saturated carbocycles. The van der Waals surface area contributed by atoms with Crippen LogP contribution < -0.4 is 0 Å². The summed E-state index contributed by atoms with van der Waals surface area (Å²) in [6.07, 6.45) is 1.99. The molecule has 0 N–H and O–H groups in total. The maximum Gasteiger partial charge on any atom is 0.338 e. The predicted octanol–water partition coefficient (Wildman–Crippen LogP) is 3.62. The Morgan fingerprint density at radius 2 is 1.64 bits per heavy atom. The second-order valence-corrected chi connectivity index (χ2v) is 5.91. The number of benzene rings is 2. The Kier molecular flexibility index (Phi) is 5.29. The van der Waals surface area contributed by atoms with Gasteiger partial charge in [0.25, 0.3) is 0 Å². The summed E-state index contributed by atoms with van der Waals surface area (Å²) in [4.78, 5) is 22.8. The van der Waals surface area contributed by atoms with Crippen molar-refractivity contribution in [1.29, 1.82) is 0 Å². The molecule has 25 heavy (non-hydrogen) atoms. The van der Waals surface area contributed by atoms with Crippen molar-refractivity contribution in [2.45, 2.75) is 25.4 Å². The van der Waals surface area contributed by atoms with Crippen molar-refractivity contribution < 1.29 is 19.1 Å². The molecule has 2 aromatic carbocycles. The summed E-state index contributed by atoms with van der Waals surface area (Å²) in [7, 11) is 0. The maximum absolute atomic E-state index is 11.9. The summed E-state index contributed by atoms with van der Waals surface area (Å²) < 4.78 is 10.4. The maximum atomic E-state index is 11.9. The first-order valence-corrected chi connectivity index (χ1v) is 8.31. The lowest BCUT2D eigenvalue weighted by molar-refractivity contribution is -0.157. The van der Waals surface area contributed by atoms with E-state index in [9.17, 15) is 9.59 Å². The molecule has 128 valence electrons. The van der Waals surface area contributed by atoms with Gasteiger partial charge in [-0.2, -0.15) is 0 Å². The quantitative estimate of drug-likeness (QED) is 0.459. The van der Waals surface area contributed by atoms with Gasteiger partial charge in [0.15, 0.2) is 0 Å². The average molecular weight is 336 g/mol. The van der Waals surface area contributed by atoms with Crippen molar-refractivity contribution >= 4 is 11.9 Å². The monoisotopic (exact) mass is 336 g/mol. The lowest BCUT2D eigenvalue weighted by atomic mass is 9.81. The Morgan fingerprint density at radius 1 is 1.08 bits per heavy atom. The first-order chi connectivity index (χ1) is 12.2. The highest BCUT2D eigenvalue weighted by Crippen LogP contribution is 2.39. The van der Waals surface area contributed by atoms with Gasteiger partial charge in [-0.25, -0.2) is 4.79 Å². The number of rotatable bonds is 6. The molecule has 1 fully saturated rings. The second-order valence-electron chi connectivity index (χ2n) is 5.91. The van der Waals surface area contributed by atoms with Crippen LogP contribution in [0, 0.1) is 0 Å². The van der Waals surface area contributed by atoms with Crippen LogP contribution in [0.3, 0.4) is 0 Å². The van der Waals surface area contributed by atoms with E-state index < -0.39 is 0 Å². The van der Waals surface area contributed by atoms with E-state index in [1.54, 1.807) is 0 Å². The minimum atomic E-state index is -0.324. The van der Waals surface area contributed by atoms with E-state index in [2.05, 4.69) is 0 Å². The Labute approximate surface area is 147 Å². The number of hydrogen-bond donors (Lipinski definition) is 0. The van der Waals surface area contributed by atoms with Crippen molar-refractivity contribution in [2.75, 3.05) is 6.61 Å². The molecule has 1 heterocycles. The molecular formula is C21H20O4. The van der Waals surface area contributed by atoms with Gasteiger partial charge in [-0.15, -0.1) is 0 Å². The molecule has 1 aliphatic heterocycles. The minimum absolute atomic E-state index is 0.0555. The molecule has 0 amide bonds. The highest BCUT2D eigenvalue weighted by molar-refractivity contribution is 5.96. The molecule has 4 heteroatoms. The Morgan fingerprint density at radius 3 is 2.12 bits per heavy atom. The van der Waals surface area contributed by atoms with E-state index in [1.165, 1.54) is 6.92 Å². The van der Waals surface area contributed by atoms with Crippen LogP contribution in [-0.4, -0.2) is 24.6 Å². The van der Waals surface area contributed by atoms with Gasteiger partial charge < -0.3 is 9.47 Å². The highest BCUT2D eigenvalue weighted by Gasteiger charge is 2.42. The summed E-state index contributed by atoms with van der Waals surface area (Å²) >= 11 is 0. The zero-order valence-corrected chi connectivity index (χ0v) is 14.1. The van der Waals surface area contributed by atoms with E-state index >= 15 is 0 Å². The van der Waals surface area contributed by atoms with Crippen LogP contribution in [0.25, 0.3) is 0 Å². The van der Waals surface area contributed by atoms with Crippen molar-refractivity contribution in [3.63, 3.8) is 0 Å². The molecule has 4 nitrogen and oxygen atoms in total. The average Bonchev–Trinajstić information content (AvgIpc) is 2.62. The molecule has 2 aromatic rings. The molecule has 1 unspecified atom stereocenters. The number of esters is 2. The third-order valence-electron chi connectivity index (χ3n) is 4.18. The summed E-state index contributed by atoms with van der Waals surface area (Å²) in [5.74, 6) is -0.678. The molecule has 3 rings (SSSR count). The van der Waals surface area contributed by atoms with Gasteiger partial charge in [0.1, 0.15) is 6.10 Å². The summed E-state index contributed by atoms with van der Waals surface area (Å²) in [5.41, 5.74) is 2.83. The second kappa shape index (κ2) is 7.79. The van der Waals surface area contributed by atoms with Gasteiger partial charge >= 0.3 is 11.9 Å². The topological polar surface area (TPSA) is 52.6 Å². The van der Waals surface area contributed by atoms with Gasteiger partial charge in [0, 0.05) is 13.3 Å². The molecule has 0 aromatic heterocycles. The molecule has 1 saturated heterocycles. The standard InChI is InChI=1S/C21H20O4/c1-15(22)24-14-8-13-18-20(25-21(18)23)19(16-9-4-2-5-10-16)17-11-6-3-7-12-17/h2-7,9-13,19-20H,8,14H2,1H3/b18-13-. The lowest BCUT2D eigenvalue weighted by Crippen LogP contribution is -2.41. The van der Waals surface area contributed by atoms with Crippen LogP contribution in [0.5, 0.6) is 0 Å². The summed E-state index contributed by atoms with van der Waals surface area (Å²) in [6.45, 7) is 1.63. The van der Waals surface area contributed by atoms with Crippen LogP contribution >= 0.6 is 0 Å². The molecule has 0 bridgehead atoms. The first kappa shape index (κ1) is 17.0. The minimum Gasteiger partial charge on any atom is -0.466 e. The normalized spacial score (nSPS) is 17.9. The van der Waals surface area contributed by atoms with Gasteiger partial charge in [-0.1, -0.05) is 66.7 Å². The van der Waals surface area contributed by atoms with Crippen LogP contribution in [-0.2, 0) is 19.1 Å². The molecule has 0 radical (unpaired) electrons. The molecule has 0 aliphatic carbocycles. The predicted molar refractivity (Wildman–Crippen MR) is 93.9 cm³/mol. The van der Waals surface area contributed by atoms with Gasteiger partial charge in [0.05, 0.1) is 18.1 Å². The SMILES string of the molecule is CC(=O)OCC/C=C1\C(=O)OC1C(c1ccccc1)c1ccccc1. The van der Waals surface area contributed by atoms with E-state index in [4.69, 9.17) is 9.47 Å². The van der Waals surface area contributed by atoms with E-state index in [0.29, 0.717) is 12.0 Å². The number of ether oxygens (including phenoxy) is 2. The van der Waals surface area contributed by atoms with Gasteiger partial charge in [0.2, 0.25) is 0 Å². The Balaban J connectivity index is 1.85. The summed E-state index contributed by atoms with van der Waals surface area (Å²) in [5, 5.41) is 0. The van der Waals surface area contributed by atoms with Crippen LogP contribution in [0.2, 0.25) is 0 Å². The van der Waals surface area contributed by atoms with Gasteiger partial charge in [-0.05, 0) is 11.1 Å². The largest absolute Gasteiger partial charge is 0.466 e. The number of cyclic esters (lactones) is 1.